The maximum absolute atomic E-state index is 13.7. The third kappa shape index (κ3) is 2.38. The minimum atomic E-state index is -1.03. The van der Waals surface area contributed by atoms with Gasteiger partial charge in [-0.3, -0.25) is 0 Å². The minimum absolute atomic E-state index is 0.0644. The fourth-order valence-electron chi connectivity index (χ4n) is 1.80. The van der Waals surface area contributed by atoms with E-state index < -0.39 is 17.5 Å². The van der Waals surface area contributed by atoms with Gasteiger partial charge in [0.15, 0.2) is 11.6 Å². The number of hydrogen-bond acceptors (Lipinski definition) is 1. The van der Waals surface area contributed by atoms with Gasteiger partial charge in [-0.05, 0) is 30.8 Å². The molecule has 0 aliphatic heterocycles. The van der Waals surface area contributed by atoms with Gasteiger partial charge in [0, 0.05) is 17.7 Å². The van der Waals surface area contributed by atoms with Crippen LogP contribution < -0.4 is 5.32 Å². The van der Waals surface area contributed by atoms with E-state index in [1.165, 1.54) is 24.3 Å². The molecule has 0 amide bonds. The van der Waals surface area contributed by atoms with Crippen molar-refractivity contribution < 1.29 is 13.2 Å². The Hall–Kier alpha value is -1.81. The highest BCUT2D eigenvalue weighted by atomic mass is 19.2. The average Bonchev–Trinajstić information content (AvgIpc) is 2.36. The molecule has 18 heavy (non-hydrogen) atoms. The molecule has 2 aromatic rings. The van der Waals surface area contributed by atoms with Crippen LogP contribution in [0.15, 0.2) is 36.4 Å². The topological polar surface area (TPSA) is 12.0 Å². The lowest BCUT2D eigenvalue weighted by Crippen LogP contribution is -2.05. The predicted octanol–water partition coefficient (Wildman–Crippen LogP) is 3.49. The van der Waals surface area contributed by atoms with Gasteiger partial charge >= 0.3 is 0 Å². The molecule has 0 atom stereocenters. The number of benzene rings is 2. The van der Waals surface area contributed by atoms with E-state index in [0.717, 1.165) is 11.6 Å². The number of halogens is 3. The highest BCUT2D eigenvalue weighted by Gasteiger charge is 2.13. The van der Waals surface area contributed by atoms with Crippen molar-refractivity contribution in [3.05, 3.63) is 59.4 Å². The molecule has 0 aromatic heterocycles. The van der Waals surface area contributed by atoms with Crippen LogP contribution in [0.1, 0.15) is 5.56 Å². The summed E-state index contributed by atoms with van der Waals surface area (Å²) >= 11 is 0. The Balaban J connectivity index is 2.55. The molecule has 0 fully saturated rings. The second kappa shape index (κ2) is 5.23. The molecular weight excluding hydrogens is 239 g/mol. The van der Waals surface area contributed by atoms with E-state index in [2.05, 4.69) is 5.32 Å². The van der Waals surface area contributed by atoms with Crippen LogP contribution in [-0.4, -0.2) is 7.05 Å². The largest absolute Gasteiger partial charge is 0.316 e. The summed E-state index contributed by atoms with van der Waals surface area (Å²) in [5.74, 6) is -2.58. The third-order valence-corrected chi connectivity index (χ3v) is 2.65. The summed E-state index contributed by atoms with van der Waals surface area (Å²) in [5.41, 5.74) is 0.808. The molecule has 2 rings (SSSR count). The average molecular weight is 251 g/mol. The molecule has 0 aliphatic rings. The number of nitrogens with one attached hydrogen (secondary N) is 1. The first kappa shape index (κ1) is 12.6. The van der Waals surface area contributed by atoms with Crippen LogP contribution in [0.5, 0.6) is 0 Å². The summed E-state index contributed by atoms with van der Waals surface area (Å²) in [4.78, 5) is 0. The Morgan fingerprint density at radius 3 is 2.44 bits per heavy atom. The zero-order chi connectivity index (χ0) is 13.1. The maximum atomic E-state index is 13.7. The smallest absolute Gasteiger partial charge is 0.166 e. The van der Waals surface area contributed by atoms with Crippen LogP contribution >= 0.6 is 0 Å². The third-order valence-electron chi connectivity index (χ3n) is 2.65. The van der Waals surface area contributed by atoms with Crippen LogP contribution in [0, 0.1) is 17.5 Å². The van der Waals surface area contributed by atoms with Crippen molar-refractivity contribution in [3.63, 3.8) is 0 Å². The molecule has 0 saturated heterocycles. The number of rotatable bonds is 3. The fourth-order valence-corrected chi connectivity index (χ4v) is 1.80. The Kier molecular flexibility index (Phi) is 3.67. The highest BCUT2D eigenvalue weighted by Crippen LogP contribution is 2.27. The molecule has 94 valence electrons. The first-order valence-corrected chi connectivity index (χ1v) is 5.51. The van der Waals surface area contributed by atoms with Gasteiger partial charge in [-0.25, -0.2) is 13.2 Å². The molecule has 2 aromatic carbocycles. The first-order valence-electron chi connectivity index (χ1n) is 5.51. The SMILES string of the molecule is CNCc1ccc(F)c(-c2cccc(F)c2F)c1. The second-order valence-electron chi connectivity index (χ2n) is 3.95. The van der Waals surface area contributed by atoms with Gasteiger partial charge in [-0.1, -0.05) is 18.2 Å². The second-order valence-corrected chi connectivity index (χ2v) is 3.95. The summed E-state index contributed by atoms with van der Waals surface area (Å²) in [6, 6.07) is 8.11. The normalized spacial score (nSPS) is 10.7. The highest BCUT2D eigenvalue weighted by molar-refractivity contribution is 5.65. The zero-order valence-corrected chi connectivity index (χ0v) is 9.81. The minimum Gasteiger partial charge on any atom is -0.316 e. The van der Waals surface area contributed by atoms with Crippen LogP contribution in [0.2, 0.25) is 0 Å². The Bertz CT molecular complexity index is 567. The van der Waals surface area contributed by atoms with Gasteiger partial charge in [0.05, 0.1) is 0 Å². The van der Waals surface area contributed by atoms with Crippen LogP contribution in [0.4, 0.5) is 13.2 Å². The summed E-state index contributed by atoms with van der Waals surface area (Å²) in [6.45, 7) is 0.532. The van der Waals surface area contributed by atoms with E-state index in [4.69, 9.17) is 0 Å². The van der Waals surface area contributed by atoms with E-state index >= 15 is 0 Å². The van der Waals surface area contributed by atoms with Crippen molar-refractivity contribution in [2.24, 2.45) is 0 Å². The molecule has 0 radical (unpaired) electrons. The van der Waals surface area contributed by atoms with E-state index in [9.17, 15) is 13.2 Å². The van der Waals surface area contributed by atoms with Gasteiger partial charge in [0.2, 0.25) is 0 Å². The molecule has 0 aliphatic carbocycles. The van der Waals surface area contributed by atoms with Crippen molar-refractivity contribution in [1.82, 2.24) is 5.32 Å². The summed E-state index contributed by atoms with van der Waals surface area (Å²) in [5, 5.41) is 2.92. The molecule has 0 saturated carbocycles. The van der Waals surface area contributed by atoms with Gasteiger partial charge < -0.3 is 5.32 Å². The maximum Gasteiger partial charge on any atom is 0.166 e. The molecule has 4 heteroatoms. The molecule has 0 heterocycles. The van der Waals surface area contributed by atoms with E-state index in [1.54, 1.807) is 13.1 Å². The van der Waals surface area contributed by atoms with Crippen molar-refractivity contribution >= 4 is 0 Å². The van der Waals surface area contributed by atoms with Crippen LogP contribution in [0.3, 0.4) is 0 Å². The first-order chi connectivity index (χ1) is 8.63. The Morgan fingerprint density at radius 1 is 0.944 bits per heavy atom. The lowest BCUT2D eigenvalue weighted by molar-refractivity contribution is 0.510. The fraction of sp³-hybridized carbons (Fsp3) is 0.143. The molecule has 1 N–H and O–H groups in total. The number of hydrogen-bond donors (Lipinski definition) is 1. The van der Waals surface area contributed by atoms with E-state index in [1.807, 2.05) is 0 Å². The van der Waals surface area contributed by atoms with Gasteiger partial charge in [-0.15, -0.1) is 0 Å². The van der Waals surface area contributed by atoms with Gasteiger partial charge in [0.1, 0.15) is 5.82 Å². The zero-order valence-electron chi connectivity index (χ0n) is 9.81. The van der Waals surface area contributed by atoms with Gasteiger partial charge in [0.25, 0.3) is 0 Å². The Labute approximate surface area is 103 Å². The molecule has 0 bridgehead atoms. The quantitative estimate of drug-likeness (QED) is 0.880. The van der Waals surface area contributed by atoms with E-state index in [0.29, 0.717) is 6.54 Å². The van der Waals surface area contributed by atoms with Crippen LogP contribution in [-0.2, 0) is 6.54 Å². The van der Waals surface area contributed by atoms with Crippen molar-refractivity contribution in [2.75, 3.05) is 7.05 Å². The monoisotopic (exact) mass is 251 g/mol. The molecule has 0 spiro atoms. The summed E-state index contributed by atoms with van der Waals surface area (Å²) < 4.78 is 40.5. The lowest BCUT2D eigenvalue weighted by Gasteiger charge is -2.08. The summed E-state index contributed by atoms with van der Waals surface area (Å²) in [7, 11) is 1.76. The lowest BCUT2D eigenvalue weighted by atomic mass is 10.0. The molecule has 0 unspecified atom stereocenters. The standard InChI is InChI=1S/C14H12F3N/c1-18-8-9-5-6-12(15)11(7-9)10-3-2-4-13(16)14(10)17/h2-7,18H,8H2,1H3. The predicted molar refractivity (Wildman–Crippen MR) is 64.5 cm³/mol. The van der Waals surface area contributed by atoms with Crippen LogP contribution in [0.25, 0.3) is 11.1 Å². The van der Waals surface area contributed by atoms with Crippen molar-refractivity contribution in [2.45, 2.75) is 6.54 Å². The molecular formula is C14H12F3N. The Morgan fingerprint density at radius 2 is 1.72 bits per heavy atom. The van der Waals surface area contributed by atoms with Gasteiger partial charge in [-0.2, -0.15) is 0 Å². The molecule has 1 nitrogen and oxygen atoms in total. The van der Waals surface area contributed by atoms with Crippen molar-refractivity contribution in [3.8, 4) is 11.1 Å². The van der Waals surface area contributed by atoms with Crippen molar-refractivity contribution in [1.29, 1.82) is 0 Å². The summed E-state index contributed by atoms with van der Waals surface area (Å²) in [6.07, 6.45) is 0. The van der Waals surface area contributed by atoms with E-state index in [-0.39, 0.29) is 11.1 Å².